The summed E-state index contributed by atoms with van der Waals surface area (Å²) >= 11 is 0. The molecule has 0 amide bonds. The Hall–Kier alpha value is -1.70. The maximum Gasteiger partial charge on any atom is 0.490 e. The van der Waals surface area contributed by atoms with Crippen LogP contribution in [0.3, 0.4) is 0 Å². The average molecular weight is 416 g/mol. The first-order chi connectivity index (χ1) is 12.4. The van der Waals surface area contributed by atoms with Crippen LogP contribution in [0, 0.1) is 0 Å². The number of aromatic nitrogens is 2. The molecular formula is C14H23F3N4O5S. The van der Waals surface area contributed by atoms with Crippen molar-refractivity contribution in [3.63, 3.8) is 0 Å². The number of aliphatic carboxylic acids is 1. The molecule has 1 aromatic heterocycles. The topological polar surface area (TPSA) is 105 Å². The lowest BCUT2D eigenvalue weighted by Crippen LogP contribution is -2.45. The molecule has 0 spiro atoms. The Kier molecular flexibility index (Phi) is 7.77. The predicted octanol–water partition coefficient (Wildman–Crippen LogP) is 0.888. The first kappa shape index (κ1) is 23.3. The summed E-state index contributed by atoms with van der Waals surface area (Å²) in [6, 6.07) is 0. The molecule has 0 aromatic carbocycles. The number of halogens is 3. The summed E-state index contributed by atoms with van der Waals surface area (Å²) < 4.78 is 66.3. The van der Waals surface area contributed by atoms with Crippen molar-refractivity contribution in [1.82, 2.24) is 18.4 Å². The van der Waals surface area contributed by atoms with Gasteiger partial charge in [0.05, 0.1) is 12.8 Å². The minimum Gasteiger partial charge on any atom is -0.475 e. The highest BCUT2D eigenvalue weighted by molar-refractivity contribution is 7.86. The van der Waals surface area contributed by atoms with Gasteiger partial charge in [0.2, 0.25) is 0 Å². The Morgan fingerprint density at radius 3 is 2.41 bits per heavy atom. The number of carbonyl (C=O) groups is 1. The number of rotatable bonds is 5. The Bertz CT molecular complexity index is 748. The van der Waals surface area contributed by atoms with Gasteiger partial charge in [-0.15, -0.1) is 0 Å². The van der Waals surface area contributed by atoms with E-state index < -0.39 is 22.4 Å². The lowest BCUT2D eigenvalue weighted by atomic mass is 9.98. The molecule has 0 fully saturated rings. The van der Waals surface area contributed by atoms with Crippen molar-refractivity contribution in [3.05, 3.63) is 17.5 Å². The van der Waals surface area contributed by atoms with E-state index in [9.17, 15) is 21.6 Å². The van der Waals surface area contributed by atoms with Crippen LogP contribution in [0.1, 0.15) is 24.1 Å². The van der Waals surface area contributed by atoms with E-state index in [1.165, 1.54) is 8.61 Å². The quantitative estimate of drug-likeness (QED) is 0.764. The number of aryl methyl sites for hydroxylation is 1. The first-order valence-electron chi connectivity index (χ1n) is 7.87. The maximum atomic E-state index is 12.3. The molecule has 27 heavy (non-hydrogen) atoms. The molecule has 0 saturated heterocycles. The van der Waals surface area contributed by atoms with Crippen molar-refractivity contribution >= 4 is 16.2 Å². The van der Waals surface area contributed by atoms with E-state index >= 15 is 0 Å². The number of hydrogen-bond donors (Lipinski definition) is 1. The highest BCUT2D eigenvalue weighted by Crippen LogP contribution is 2.30. The van der Waals surface area contributed by atoms with Gasteiger partial charge < -0.3 is 9.84 Å². The van der Waals surface area contributed by atoms with Crippen LogP contribution in [0.2, 0.25) is 0 Å². The zero-order valence-electron chi connectivity index (χ0n) is 15.4. The van der Waals surface area contributed by atoms with Gasteiger partial charge in [-0.1, -0.05) is 0 Å². The summed E-state index contributed by atoms with van der Waals surface area (Å²) in [6.45, 7) is 4.08. The van der Waals surface area contributed by atoms with Crippen molar-refractivity contribution in [2.45, 2.75) is 32.1 Å². The standard InChI is InChI=1S/C12H22N4O3S.C2HF3O2/c1-5-16-12-10(6-13-16)7-15(8-11(12)9-19-4)20(17,18)14(2)3;3-2(4,5)1(6)7/h6,11H,5,7-9H2,1-4H3;(H,6,7). The summed E-state index contributed by atoms with van der Waals surface area (Å²) in [7, 11) is 1.31. The Balaban J connectivity index is 0.000000445. The van der Waals surface area contributed by atoms with E-state index in [1.807, 2.05) is 11.6 Å². The molecule has 0 aliphatic carbocycles. The van der Waals surface area contributed by atoms with Crippen molar-refractivity contribution in [1.29, 1.82) is 0 Å². The molecule has 1 aliphatic heterocycles. The highest BCUT2D eigenvalue weighted by atomic mass is 32.2. The number of ether oxygens (including phenoxy) is 1. The van der Waals surface area contributed by atoms with Crippen LogP contribution in [0.4, 0.5) is 13.2 Å². The second-order valence-electron chi connectivity index (χ2n) is 5.91. The molecule has 1 aliphatic rings. The third-order valence-electron chi connectivity index (χ3n) is 3.82. The number of nitrogens with zero attached hydrogens (tertiary/aromatic N) is 4. The largest absolute Gasteiger partial charge is 0.490 e. The molecular weight excluding hydrogens is 393 g/mol. The lowest BCUT2D eigenvalue weighted by molar-refractivity contribution is -0.192. The van der Waals surface area contributed by atoms with Crippen molar-refractivity contribution < 1.29 is 36.2 Å². The number of alkyl halides is 3. The van der Waals surface area contributed by atoms with Gasteiger partial charge in [-0.05, 0) is 6.92 Å². The summed E-state index contributed by atoms with van der Waals surface area (Å²) in [5, 5.41) is 11.5. The second-order valence-corrected chi connectivity index (χ2v) is 8.05. The molecule has 0 bridgehead atoms. The molecule has 1 N–H and O–H groups in total. The van der Waals surface area contributed by atoms with Gasteiger partial charge in [0.1, 0.15) is 0 Å². The lowest BCUT2D eigenvalue weighted by Gasteiger charge is -2.33. The van der Waals surface area contributed by atoms with E-state index in [2.05, 4.69) is 5.10 Å². The van der Waals surface area contributed by atoms with Crippen molar-refractivity contribution in [3.8, 4) is 0 Å². The van der Waals surface area contributed by atoms with Gasteiger partial charge in [0.15, 0.2) is 0 Å². The zero-order chi connectivity index (χ0) is 21.0. The number of carboxylic acid groups (broad SMARTS) is 1. The highest BCUT2D eigenvalue weighted by Gasteiger charge is 2.38. The van der Waals surface area contributed by atoms with E-state index in [0.717, 1.165) is 17.8 Å². The minimum atomic E-state index is -5.08. The van der Waals surface area contributed by atoms with Crippen LogP contribution in [0.25, 0.3) is 0 Å². The molecule has 13 heteroatoms. The average Bonchev–Trinajstić information content (AvgIpc) is 2.98. The molecule has 1 aromatic rings. The van der Waals surface area contributed by atoms with Crippen molar-refractivity contribution in [2.75, 3.05) is 34.4 Å². The van der Waals surface area contributed by atoms with Crippen LogP contribution >= 0.6 is 0 Å². The van der Waals surface area contributed by atoms with Crippen LogP contribution in [-0.4, -0.2) is 78.4 Å². The van der Waals surface area contributed by atoms with Gasteiger partial charge >= 0.3 is 12.1 Å². The van der Waals surface area contributed by atoms with Gasteiger partial charge in [0.25, 0.3) is 10.2 Å². The van der Waals surface area contributed by atoms with Gasteiger partial charge in [-0.25, -0.2) is 4.79 Å². The van der Waals surface area contributed by atoms with Crippen LogP contribution in [-0.2, 0) is 32.8 Å². The smallest absolute Gasteiger partial charge is 0.475 e. The molecule has 2 rings (SSSR count). The zero-order valence-corrected chi connectivity index (χ0v) is 16.2. The number of carboxylic acids is 1. The molecule has 9 nitrogen and oxygen atoms in total. The Morgan fingerprint density at radius 1 is 1.44 bits per heavy atom. The van der Waals surface area contributed by atoms with E-state index in [1.54, 1.807) is 27.4 Å². The Labute approximate surface area is 155 Å². The third kappa shape index (κ3) is 5.64. The van der Waals surface area contributed by atoms with Gasteiger partial charge in [-0.2, -0.15) is 35.3 Å². The Morgan fingerprint density at radius 2 is 2.00 bits per heavy atom. The summed E-state index contributed by atoms with van der Waals surface area (Å²) in [5.74, 6) is -2.74. The summed E-state index contributed by atoms with van der Waals surface area (Å²) in [4.78, 5) is 8.90. The van der Waals surface area contributed by atoms with Gasteiger partial charge in [-0.3, -0.25) is 4.68 Å². The first-order valence-corrected chi connectivity index (χ1v) is 9.27. The predicted molar refractivity (Wildman–Crippen MR) is 89.2 cm³/mol. The SMILES string of the molecule is CCn1ncc2c1C(COC)CN(S(=O)(=O)N(C)C)C2.O=C(O)C(F)(F)F. The molecule has 0 radical (unpaired) electrons. The van der Waals surface area contributed by atoms with Gasteiger partial charge in [0, 0.05) is 58.0 Å². The maximum absolute atomic E-state index is 12.3. The third-order valence-corrected chi connectivity index (χ3v) is 5.67. The molecule has 0 saturated carbocycles. The summed E-state index contributed by atoms with van der Waals surface area (Å²) in [5.41, 5.74) is 2.06. The number of methoxy groups -OCH3 is 1. The van der Waals surface area contributed by atoms with Crippen LogP contribution in [0.5, 0.6) is 0 Å². The number of hydrogen-bond acceptors (Lipinski definition) is 5. The molecule has 2 heterocycles. The molecule has 1 unspecified atom stereocenters. The van der Waals surface area contributed by atoms with Crippen molar-refractivity contribution in [2.24, 2.45) is 0 Å². The van der Waals surface area contributed by atoms with E-state index in [0.29, 0.717) is 19.7 Å². The van der Waals surface area contributed by atoms with Crippen LogP contribution < -0.4 is 0 Å². The van der Waals surface area contributed by atoms with E-state index in [4.69, 9.17) is 14.6 Å². The fourth-order valence-corrected chi connectivity index (χ4v) is 3.74. The minimum absolute atomic E-state index is 0.0147. The number of fused-ring (bicyclic) bond motifs is 1. The fraction of sp³-hybridized carbons (Fsp3) is 0.714. The van der Waals surface area contributed by atoms with Crippen LogP contribution in [0.15, 0.2) is 6.20 Å². The van der Waals surface area contributed by atoms with E-state index in [-0.39, 0.29) is 5.92 Å². The summed E-state index contributed by atoms with van der Waals surface area (Å²) in [6.07, 6.45) is -3.32. The second kappa shape index (κ2) is 8.99. The molecule has 1 atom stereocenters. The monoisotopic (exact) mass is 416 g/mol. The molecule has 156 valence electrons. The fourth-order valence-electron chi connectivity index (χ4n) is 2.61. The normalized spacial score (nSPS) is 18.0.